The van der Waals surface area contributed by atoms with Crippen molar-refractivity contribution in [3.63, 3.8) is 0 Å². The van der Waals surface area contributed by atoms with Crippen LogP contribution in [-0.4, -0.2) is 79.7 Å². The number of piperazine rings is 1. The monoisotopic (exact) mass is 510 g/mol. The zero-order valence-electron chi connectivity index (χ0n) is 20.9. The van der Waals surface area contributed by atoms with Crippen molar-refractivity contribution in [3.05, 3.63) is 75.8 Å². The molecule has 1 saturated heterocycles. The molecule has 1 fully saturated rings. The quantitative estimate of drug-likeness (QED) is 0.453. The maximum absolute atomic E-state index is 13.7. The summed E-state index contributed by atoms with van der Waals surface area (Å²) in [6.45, 7) is 4.60. The van der Waals surface area contributed by atoms with E-state index in [1.54, 1.807) is 16.4 Å². The number of benzene rings is 2. The second-order valence-electron chi connectivity index (χ2n) is 9.01. The van der Waals surface area contributed by atoms with Gasteiger partial charge in [0, 0.05) is 50.2 Å². The lowest BCUT2D eigenvalue weighted by Crippen LogP contribution is -2.49. The third-order valence-corrected chi connectivity index (χ3v) is 6.37. The topological polar surface area (TPSA) is 75.1 Å². The molecule has 0 unspecified atom stereocenters. The van der Waals surface area contributed by atoms with E-state index in [9.17, 15) is 18.8 Å². The molecule has 37 heavy (non-hydrogen) atoms. The number of carbonyl (C=O) groups excluding carboxylic acids is 2. The highest BCUT2D eigenvalue weighted by Gasteiger charge is 2.30. The van der Waals surface area contributed by atoms with Gasteiger partial charge in [-0.05, 0) is 51.4 Å². The molecule has 8 nitrogen and oxygen atoms in total. The smallest absolute Gasteiger partial charge is 0.345 e. The summed E-state index contributed by atoms with van der Waals surface area (Å²) in [5.74, 6) is -1.22. The first-order valence-electron chi connectivity index (χ1n) is 12.1. The van der Waals surface area contributed by atoms with Gasteiger partial charge >= 0.3 is 5.97 Å². The number of nitrogens with zero attached hydrogens (tertiary/aromatic N) is 4. The second-order valence-corrected chi connectivity index (χ2v) is 9.01. The molecule has 0 atom stereocenters. The summed E-state index contributed by atoms with van der Waals surface area (Å²) in [5.41, 5.74) is 1.36. The lowest BCUT2D eigenvalue weighted by atomic mass is 10.1. The maximum atomic E-state index is 13.7. The molecule has 1 amide bonds. The van der Waals surface area contributed by atoms with E-state index in [-0.39, 0.29) is 31.1 Å². The van der Waals surface area contributed by atoms with E-state index in [2.05, 4.69) is 0 Å². The zero-order chi connectivity index (χ0) is 25.8. The van der Waals surface area contributed by atoms with Crippen LogP contribution in [0.5, 0.6) is 0 Å². The Kier molecular flexibility index (Phi) is 9.04. The summed E-state index contributed by atoms with van der Waals surface area (Å²) in [6, 6.07) is 13.1. The number of pyridine rings is 1. The van der Waals surface area contributed by atoms with E-state index in [1.807, 2.05) is 48.2 Å². The van der Waals surface area contributed by atoms with E-state index in [4.69, 9.17) is 4.74 Å². The minimum Gasteiger partial charge on any atom is -0.462 e. The van der Waals surface area contributed by atoms with Gasteiger partial charge in [-0.1, -0.05) is 25.6 Å². The van der Waals surface area contributed by atoms with Gasteiger partial charge in [-0.25, -0.2) is 9.18 Å². The van der Waals surface area contributed by atoms with Gasteiger partial charge in [0.05, 0.1) is 17.8 Å². The van der Waals surface area contributed by atoms with Crippen LogP contribution in [0.25, 0.3) is 10.9 Å². The number of halogens is 1. The van der Waals surface area contributed by atoms with E-state index in [0.717, 1.165) is 10.9 Å². The zero-order valence-corrected chi connectivity index (χ0v) is 20.9. The van der Waals surface area contributed by atoms with Gasteiger partial charge in [-0.2, -0.15) is 0 Å². The molecule has 4 rings (SSSR count). The second kappa shape index (κ2) is 12.0. The van der Waals surface area contributed by atoms with Gasteiger partial charge in [0.25, 0.3) is 11.5 Å². The fourth-order valence-electron chi connectivity index (χ4n) is 4.54. The Bertz CT molecular complexity index is 1310. The van der Waals surface area contributed by atoms with Crippen LogP contribution in [-0.2, 0) is 11.3 Å². The largest absolute Gasteiger partial charge is 0.462 e. The fourth-order valence-corrected chi connectivity index (χ4v) is 4.54. The normalized spacial score (nSPS) is 13.5. The first-order chi connectivity index (χ1) is 17.3. The average Bonchev–Trinajstić information content (AvgIpc) is 2.87. The molecule has 2 heterocycles. The number of rotatable bonds is 7. The van der Waals surface area contributed by atoms with E-state index >= 15 is 0 Å². The predicted octanol–water partition coefficient (Wildman–Crippen LogP) is 3.48. The Morgan fingerprint density at radius 3 is 2.27 bits per heavy atom. The summed E-state index contributed by atoms with van der Waals surface area (Å²) in [6.07, 6.45) is 0. The van der Waals surface area contributed by atoms with E-state index < -0.39 is 11.8 Å². The highest BCUT2D eigenvalue weighted by Crippen LogP contribution is 2.30. The molecule has 0 radical (unpaired) electrons. The Morgan fingerprint density at radius 1 is 1.00 bits per heavy atom. The van der Waals surface area contributed by atoms with Crippen LogP contribution in [0.2, 0.25) is 0 Å². The molecule has 0 bridgehead atoms. The van der Waals surface area contributed by atoms with Crippen molar-refractivity contribution in [2.45, 2.75) is 20.9 Å². The lowest BCUT2D eigenvalue weighted by molar-refractivity contribution is 0.0523. The van der Waals surface area contributed by atoms with E-state index in [1.165, 1.54) is 24.3 Å². The third kappa shape index (κ3) is 5.83. The molecule has 1 aliphatic heterocycles. The molecule has 2 aromatic carbocycles. The number of carbonyl (C=O) groups is 2. The summed E-state index contributed by atoms with van der Waals surface area (Å²) in [5, 5.41) is 0.789. The number of fused-ring (bicyclic) bond motifs is 1. The number of amides is 1. The van der Waals surface area contributed by atoms with Crippen molar-refractivity contribution in [2.24, 2.45) is 0 Å². The number of aromatic nitrogens is 1. The highest BCUT2D eigenvalue weighted by molar-refractivity contribution is 6.05. The Labute approximate surface area is 216 Å². The van der Waals surface area contributed by atoms with Crippen LogP contribution >= 0.6 is 0 Å². The Balaban J connectivity index is 0.00000380. The molecule has 0 aliphatic carbocycles. The molecule has 198 valence electrons. The van der Waals surface area contributed by atoms with Crippen molar-refractivity contribution >= 4 is 28.5 Å². The van der Waals surface area contributed by atoms with Gasteiger partial charge in [0.1, 0.15) is 11.4 Å². The van der Waals surface area contributed by atoms with Crippen molar-refractivity contribution in [1.29, 1.82) is 0 Å². The number of hydrogen-bond donors (Lipinski definition) is 0. The summed E-state index contributed by atoms with van der Waals surface area (Å²) >= 11 is 0. The van der Waals surface area contributed by atoms with Crippen molar-refractivity contribution in [2.75, 3.05) is 58.3 Å². The van der Waals surface area contributed by atoms with Crippen molar-refractivity contribution < 1.29 is 18.7 Å². The standard InChI is InChI=1S/C27H31FN4O4.CH4/c1-4-36-27(35)23-24(21-7-5-6-8-22(21)32(26(23)34)18-13-29(2)3)30-14-16-31(17-15-30)25(33)19-9-11-20(28)12-10-19;/h5-12H,4,13-18H2,1-3H3;1H4. The van der Waals surface area contributed by atoms with Gasteiger partial charge in [0.2, 0.25) is 0 Å². The molecule has 1 aliphatic rings. The number of para-hydroxylation sites is 1. The van der Waals surface area contributed by atoms with Crippen LogP contribution in [0.3, 0.4) is 0 Å². The van der Waals surface area contributed by atoms with Crippen molar-refractivity contribution in [1.82, 2.24) is 14.4 Å². The van der Waals surface area contributed by atoms with Gasteiger partial charge < -0.3 is 24.0 Å². The summed E-state index contributed by atoms with van der Waals surface area (Å²) in [4.78, 5) is 45.3. The summed E-state index contributed by atoms with van der Waals surface area (Å²) in [7, 11) is 3.86. The maximum Gasteiger partial charge on any atom is 0.345 e. The molecule has 0 N–H and O–H groups in total. The highest BCUT2D eigenvalue weighted by atomic mass is 19.1. The molecule has 9 heteroatoms. The number of ether oxygens (including phenoxy) is 1. The number of anilines is 1. The van der Waals surface area contributed by atoms with Crippen LogP contribution in [0, 0.1) is 5.82 Å². The number of esters is 1. The predicted molar refractivity (Wildman–Crippen MR) is 144 cm³/mol. The first-order valence-corrected chi connectivity index (χ1v) is 12.1. The molecular weight excluding hydrogens is 475 g/mol. The number of hydrogen-bond acceptors (Lipinski definition) is 6. The van der Waals surface area contributed by atoms with Crippen LogP contribution < -0.4 is 10.5 Å². The molecule has 1 aromatic heterocycles. The molecule has 0 saturated carbocycles. The van der Waals surface area contributed by atoms with Crippen LogP contribution in [0.15, 0.2) is 53.3 Å². The van der Waals surface area contributed by atoms with Crippen LogP contribution in [0.4, 0.5) is 10.1 Å². The minimum atomic E-state index is -0.647. The third-order valence-electron chi connectivity index (χ3n) is 6.37. The first kappa shape index (κ1) is 27.9. The molecule has 0 spiro atoms. The minimum absolute atomic E-state index is 0. The molecule has 3 aromatic rings. The average molecular weight is 511 g/mol. The molecular formula is C28H35FN4O4. The SMILES string of the molecule is C.CCOC(=O)c1c(N2CCN(C(=O)c3ccc(F)cc3)CC2)c2ccccc2n(CCN(C)C)c1=O. The Morgan fingerprint density at radius 2 is 1.65 bits per heavy atom. The fraction of sp³-hybridized carbons (Fsp3) is 0.393. The van der Waals surface area contributed by atoms with E-state index in [0.29, 0.717) is 50.5 Å². The van der Waals surface area contributed by atoms with Gasteiger partial charge in [-0.15, -0.1) is 0 Å². The Hall–Kier alpha value is -3.72. The van der Waals surface area contributed by atoms with Gasteiger partial charge in [-0.3, -0.25) is 9.59 Å². The van der Waals surface area contributed by atoms with Crippen LogP contribution in [0.1, 0.15) is 35.1 Å². The van der Waals surface area contributed by atoms with Crippen molar-refractivity contribution in [3.8, 4) is 0 Å². The van der Waals surface area contributed by atoms with Gasteiger partial charge in [0.15, 0.2) is 0 Å². The summed E-state index contributed by atoms with van der Waals surface area (Å²) < 4.78 is 20.2. The lowest BCUT2D eigenvalue weighted by Gasteiger charge is -2.37. The number of likely N-dealkylation sites (N-methyl/N-ethyl adjacent to an activating group) is 1.